The molecular formula is C10H20N2O2. The Morgan fingerprint density at radius 3 is 3.07 bits per heavy atom. The monoisotopic (exact) mass is 200 g/mol. The van der Waals surface area contributed by atoms with Crippen LogP contribution in [0.4, 0.5) is 0 Å². The Balaban J connectivity index is 1.67. The van der Waals surface area contributed by atoms with E-state index in [2.05, 4.69) is 5.32 Å². The lowest BCUT2D eigenvalue weighted by Gasteiger charge is -2.14. The molecule has 4 nitrogen and oxygen atoms in total. The van der Waals surface area contributed by atoms with Gasteiger partial charge in [0.05, 0.1) is 12.7 Å². The minimum atomic E-state index is 0.0245. The van der Waals surface area contributed by atoms with Crippen LogP contribution in [0.5, 0.6) is 0 Å². The highest BCUT2D eigenvalue weighted by molar-refractivity contribution is 4.75. The zero-order chi connectivity index (χ0) is 9.80. The summed E-state index contributed by atoms with van der Waals surface area (Å²) in [5, 5.41) is 3.35. The second-order valence-electron chi connectivity index (χ2n) is 4.19. The fraction of sp³-hybridized carbons (Fsp3) is 1.00. The molecule has 2 fully saturated rings. The summed E-state index contributed by atoms with van der Waals surface area (Å²) in [6.07, 6.45) is 3.47. The molecule has 2 heterocycles. The van der Waals surface area contributed by atoms with Crippen LogP contribution in [0.2, 0.25) is 0 Å². The van der Waals surface area contributed by atoms with Crippen molar-refractivity contribution >= 4 is 0 Å². The summed E-state index contributed by atoms with van der Waals surface area (Å²) < 4.78 is 11.3. The third-order valence-corrected chi connectivity index (χ3v) is 2.99. The lowest BCUT2D eigenvalue weighted by atomic mass is 10.1. The zero-order valence-electron chi connectivity index (χ0n) is 8.58. The number of hydrogen-bond donors (Lipinski definition) is 2. The molecule has 0 radical (unpaired) electrons. The number of ether oxygens (including phenoxy) is 2. The van der Waals surface area contributed by atoms with E-state index in [4.69, 9.17) is 15.2 Å². The van der Waals surface area contributed by atoms with Gasteiger partial charge >= 0.3 is 0 Å². The topological polar surface area (TPSA) is 56.5 Å². The minimum absolute atomic E-state index is 0.0245. The molecule has 0 amide bonds. The third kappa shape index (κ3) is 2.67. The summed E-state index contributed by atoms with van der Waals surface area (Å²) in [4.78, 5) is 0. The number of hydrogen-bond acceptors (Lipinski definition) is 4. The Bertz CT molecular complexity index is 172. The molecule has 3 atom stereocenters. The van der Waals surface area contributed by atoms with E-state index in [9.17, 15) is 0 Å². The van der Waals surface area contributed by atoms with E-state index in [-0.39, 0.29) is 12.4 Å². The van der Waals surface area contributed by atoms with Gasteiger partial charge in [-0.2, -0.15) is 0 Å². The summed E-state index contributed by atoms with van der Waals surface area (Å²) in [5.41, 5.74) is 5.47. The zero-order valence-corrected chi connectivity index (χ0v) is 8.58. The van der Waals surface area contributed by atoms with Crippen molar-refractivity contribution in [3.05, 3.63) is 0 Å². The molecule has 3 unspecified atom stereocenters. The molecule has 0 aliphatic carbocycles. The molecule has 0 aromatic heterocycles. The van der Waals surface area contributed by atoms with E-state index in [0.717, 1.165) is 38.5 Å². The van der Waals surface area contributed by atoms with Crippen molar-refractivity contribution in [3.63, 3.8) is 0 Å². The van der Waals surface area contributed by atoms with Crippen molar-refractivity contribution in [1.29, 1.82) is 0 Å². The molecule has 2 aliphatic rings. The van der Waals surface area contributed by atoms with Gasteiger partial charge in [-0.3, -0.25) is 0 Å². The summed E-state index contributed by atoms with van der Waals surface area (Å²) in [6, 6.07) is 0. The highest BCUT2D eigenvalue weighted by Crippen LogP contribution is 2.23. The molecule has 0 spiro atoms. The molecule has 2 aliphatic heterocycles. The van der Waals surface area contributed by atoms with Crippen molar-refractivity contribution in [1.82, 2.24) is 5.32 Å². The quantitative estimate of drug-likeness (QED) is 0.674. The van der Waals surface area contributed by atoms with Gasteiger partial charge < -0.3 is 20.5 Å². The van der Waals surface area contributed by atoms with Crippen LogP contribution >= 0.6 is 0 Å². The van der Waals surface area contributed by atoms with E-state index in [1.807, 2.05) is 0 Å². The molecule has 0 aromatic rings. The fourth-order valence-electron chi connectivity index (χ4n) is 2.16. The predicted molar refractivity (Wildman–Crippen MR) is 53.9 cm³/mol. The highest BCUT2D eigenvalue weighted by atomic mass is 16.7. The Kier molecular flexibility index (Phi) is 3.75. The summed E-state index contributed by atoms with van der Waals surface area (Å²) >= 11 is 0. The van der Waals surface area contributed by atoms with Crippen LogP contribution in [0.25, 0.3) is 0 Å². The van der Waals surface area contributed by atoms with Gasteiger partial charge in [0.15, 0.2) is 6.29 Å². The predicted octanol–water partition coefficient (Wildman–Crippen LogP) is 0.0763. The van der Waals surface area contributed by atoms with Gasteiger partial charge in [-0.25, -0.2) is 0 Å². The molecule has 14 heavy (non-hydrogen) atoms. The Labute approximate surface area is 85.1 Å². The highest BCUT2D eigenvalue weighted by Gasteiger charge is 2.28. The first-order chi connectivity index (χ1) is 6.88. The van der Waals surface area contributed by atoms with Gasteiger partial charge in [0, 0.05) is 6.42 Å². The van der Waals surface area contributed by atoms with Crippen LogP contribution in [0, 0.1) is 5.92 Å². The molecule has 2 rings (SSSR count). The Morgan fingerprint density at radius 2 is 2.36 bits per heavy atom. The summed E-state index contributed by atoms with van der Waals surface area (Å²) in [5.74, 6) is 0.733. The second kappa shape index (κ2) is 5.07. The van der Waals surface area contributed by atoms with Gasteiger partial charge in [0.2, 0.25) is 0 Å². The first-order valence-electron chi connectivity index (χ1n) is 5.56. The third-order valence-electron chi connectivity index (χ3n) is 2.99. The molecule has 3 N–H and O–H groups in total. The van der Waals surface area contributed by atoms with Crippen molar-refractivity contribution < 1.29 is 9.47 Å². The van der Waals surface area contributed by atoms with Crippen molar-refractivity contribution in [2.45, 2.75) is 31.7 Å². The Morgan fingerprint density at radius 1 is 1.43 bits per heavy atom. The summed E-state index contributed by atoms with van der Waals surface area (Å²) in [7, 11) is 0. The lowest BCUT2D eigenvalue weighted by Crippen LogP contribution is -2.19. The molecule has 82 valence electrons. The van der Waals surface area contributed by atoms with E-state index in [1.54, 1.807) is 0 Å². The van der Waals surface area contributed by atoms with Crippen LogP contribution in [0.15, 0.2) is 0 Å². The largest absolute Gasteiger partial charge is 0.350 e. The first kappa shape index (κ1) is 10.4. The maximum Gasteiger partial charge on any atom is 0.158 e. The van der Waals surface area contributed by atoms with Gasteiger partial charge in [0.1, 0.15) is 0 Å². The number of nitrogens with one attached hydrogen (secondary N) is 1. The van der Waals surface area contributed by atoms with E-state index >= 15 is 0 Å². The molecular weight excluding hydrogens is 180 g/mol. The van der Waals surface area contributed by atoms with Gasteiger partial charge in [-0.05, 0) is 38.4 Å². The van der Waals surface area contributed by atoms with Gasteiger partial charge in [-0.15, -0.1) is 0 Å². The molecule has 0 aromatic carbocycles. The average molecular weight is 200 g/mol. The van der Waals surface area contributed by atoms with Crippen LogP contribution < -0.4 is 11.1 Å². The van der Waals surface area contributed by atoms with E-state index in [1.165, 1.54) is 6.42 Å². The maximum atomic E-state index is 5.73. The number of rotatable bonds is 4. The second-order valence-corrected chi connectivity index (χ2v) is 4.19. The standard InChI is InChI=1S/C10H20N2O2/c11-3-1-9-7-13-10(14-9)5-8-2-4-12-6-8/h8-10,12H,1-7,11H2. The molecule has 0 bridgehead atoms. The van der Waals surface area contributed by atoms with Gasteiger partial charge in [0.25, 0.3) is 0 Å². The van der Waals surface area contributed by atoms with E-state index < -0.39 is 0 Å². The van der Waals surface area contributed by atoms with Crippen molar-refractivity contribution in [2.24, 2.45) is 11.7 Å². The maximum absolute atomic E-state index is 5.73. The van der Waals surface area contributed by atoms with Crippen molar-refractivity contribution in [3.8, 4) is 0 Å². The molecule has 4 heteroatoms. The Hall–Kier alpha value is -0.160. The van der Waals surface area contributed by atoms with Gasteiger partial charge in [-0.1, -0.05) is 0 Å². The van der Waals surface area contributed by atoms with E-state index in [0.29, 0.717) is 6.54 Å². The lowest BCUT2D eigenvalue weighted by molar-refractivity contribution is -0.0704. The van der Waals surface area contributed by atoms with Crippen LogP contribution in [-0.4, -0.2) is 38.6 Å². The van der Waals surface area contributed by atoms with Crippen LogP contribution in [0.3, 0.4) is 0 Å². The van der Waals surface area contributed by atoms with Crippen LogP contribution in [0.1, 0.15) is 19.3 Å². The van der Waals surface area contributed by atoms with Crippen molar-refractivity contribution in [2.75, 3.05) is 26.2 Å². The van der Waals surface area contributed by atoms with Crippen LogP contribution in [-0.2, 0) is 9.47 Å². The first-order valence-corrected chi connectivity index (χ1v) is 5.56. The fourth-order valence-corrected chi connectivity index (χ4v) is 2.16. The summed E-state index contributed by atoms with van der Waals surface area (Å²) in [6.45, 7) is 3.67. The molecule has 2 saturated heterocycles. The number of nitrogens with two attached hydrogens (primary N) is 1. The minimum Gasteiger partial charge on any atom is -0.350 e. The normalized spacial score (nSPS) is 37.9. The average Bonchev–Trinajstić information content (AvgIpc) is 2.79. The smallest absolute Gasteiger partial charge is 0.158 e. The molecule has 0 saturated carbocycles. The SMILES string of the molecule is NCCC1COC(CC2CCNC2)O1.